The van der Waals surface area contributed by atoms with Gasteiger partial charge in [-0.05, 0) is 24.6 Å². The van der Waals surface area contributed by atoms with Crippen molar-refractivity contribution in [3.8, 4) is 0 Å². The lowest BCUT2D eigenvalue weighted by Gasteiger charge is -2.07. The second-order valence-electron chi connectivity index (χ2n) is 6.67. The number of rotatable bonds is 15. The molecule has 1 aromatic rings. The predicted octanol–water partition coefficient (Wildman–Crippen LogP) is 5.18. The molecule has 0 aliphatic heterocycles. The molecule has 0 saturated carbocycles. The van der Waals surface area contributed by atoms with Crippen molar-refractivity contribution in [3.63, 3.8) is 0 Å². The van der Waals surface area contributed by atoms with Gasteiger partial charge < -0.3 is 14.2 Å². The van der Waals surface area contributed by atoms with Gasteiger partial charge in [0.1, 0.15) is 6.61 Å². The van der Waals surface area contributed by atoms with Crippen LogP contribution >= 0.6 is 0 Å². The van der Waals surface area contributed by atoms with Gasteiger partial charge in [0.15, 0.2) is 0 Å². The quantitative estimate of drug-likeness (QED) is 0.311. The van der Waals surface area contributed by atoms with Gasteiger partial charge in [0.25, 0.3) is 0 Å². The molecule has 0 bridgehead atoms. The zero-order chi connectivity index (χ0) is 19.7. The third-order valence-corrected chi connectivity index (χ3v) is 4.34. The third kappa shape index (κ3) is 10.8. The first-order chi connectivity index (χ1) is 13.2. The van der Waals surface area contributed by atoms with Crippen molar-refractivity contribution in [3.05, 3.63) is 35.4 Å². The summed E-state index contributed by atoms with van der Waals surface area (Å²) in [5, 5.41) is 0. The molecule has 0 heterocycles. The highest BCUT2D eigenvalue weighted by molar-refractivity contribution is 5.95. The first kappa shape index (κ1) is 23.2. The van der Waals surface area contributed by atoms with Crippen molar-refractivity contribution < 1.29 is 23.8 Å². The Kier molecular flexibility index (Phi) is 13.0. The van der Waals surface area contributed by atoms with Crippen LogP contribution in [0.4, 0.5) is 0 Å². The zero-order valence-electron chi connectivity index (χ0n) is 16.8. The standard InChI is InChI=1S/C22H34O5/c1-3-4-5-6-7-8-9-10-11-15-26-21(23)19-13-12-14-20(18-19)22(24)27-17-16-25-2/h12-14,18H,3-11,15-17H2,1-2H3. The van der Waals surface area contributed by atoms with Crippen LogP contribution in [0.1, 0.15) is 85.4 Å². The first-order valence-electron chi connectivity index (χ1n) is 10.1. The van der Waals surface area contributed by atoms with E-state index in [1.165, 1.54) is 58.1 Å². The Morgan fingerprint density at radius 2 is 1.26 bits per heavy atom. The van der Waals surface area contributed by atoms with E-state index in [1.54, 1.807) is 18.2 Å². The van der Waals surface area contributed by atoms with Crippen molar-refractivity contribution in [1.29, 1.82) is 0 Å². The minimum atomic E-state index is -0.472. The van der Waals surface area contributed by atoms with E-state index in [0.717, 1.165) is 12.8 Å². The molecule has 0 saturated heterocycles. The topological polar surface area (TPSA) is 61.8 Å². The Bertz CT molecular complexity index is 541. The van der Waals surface area contributed by atoms with Crippen molar-refractivity contribution >= 4 is 11.9 Å². The van der Waals surface area contributed by atoms with Crippen LogP contribution < -0.4 is 0 Å². The molecule has 5 nitrogen and oxygen atoms in total. The molecule has 0 amide bonds. The van der Waals surface area contributed by atoms with Crippen molar-refractivity contribution in [2.75, 3.05) is 26.9 Å². The Hall–Kier alpha value is -1.88. The maximum Gasteiger partial charge on any atom is 0.338 e. The minimum absolute atomic E-state index is 0.183. The van der Waals surface area contributed by atoms with E-state index in [9.17, 15) is 9.59 Å². The van der Waals surface area contributed by atoms with Crippen molar-refractivity contribution in [2.45, 2.75) is 64.7 Å². The van der Waals surface area contributed by atoms with Crippen LogP contribution in [0.3, 0.4) is 0 Å². The van der Waals surface area contributed by atoms with E-state index in [4.69, 9.17) is 14.2 Å². The Labute approximate surface area is 163 Å². The van der Waals surface area contributed by atoms with Gasteiger partial charge in [0.2, 0.25) is 0 Å². The highest BCUT2D eigenvalue weighted by Gasteiger charge is 2.12. The van der Waals surface area contributed by atoms with E-state index in [0.29, 0.717) is 24.3 Å². The molecule has 0 spiro atoms. The Morgan fingerprint density at radius 3 is 1.81 bits per heavy atom. The fraction of sp³-hybridized carbons (Fsp3) is 0.636. The van der Waals surface area contributed by atoms with Crippen molar-refractivity contribution in [2.24, 2.45) is 0 Å². The summed E-state index contributed by atoms with van der Waals surface area (Å²) < 4.78 is 15.2. The SMILES string of the molecule is CCCCCCCCCCCOC(=O)c1cccc(C(=O)OCCOC)c1. The van der Waals surface area contributed by atoms with Gasteiger partial charge in [0, 0.05) is 7.11 Å². The molecule has 0 N–H and O–H groups in total. The monoisotopic (exact) mass is 378 g/mol. The Balaban J connectivity index is 2.21. The number of hydrogen-bond acceptors (Lipinski definition) is 5. The molecule has 0 unspecified atom stereocenters. The van der Waals surface area contributed by atoms with E-state index in [-0.39, 0.29) is 6.61 Å². The molecule has 1 rings (SSSR count). The molecule has 152 valence electrons. The summed E-state index contributed by atoms with van der Waals surface area (Å²) in [4.78, 5) is 24.0. The normalized spacial score (nSPS) is 10.6. The summed E-state index contributed by atoms with van der Waals surface area (Å²) in [6.07, 6.45) is 11.0. The maximum atomic E-state index is 12.1. The number of unbranched alkanes of at least 4 members (excludes halogenated alkanes) is 8. The van der Waals surface area contributed by atoms with Crippen LogP contribution in [0.5, 0.6) is 0 Å². The van der Waals surface area contributed by atoms with Crippen molar-refractivity contribution in [1.82, 2.24) is 0 Å². The van der Waals surface area contributed by atoms with E-state index in [2.05, 4.69) is 6.92 Å². The number of carbonyl (C=O) groups excluding carboxylic acids is 2. The predicted molar refractivity (Wildman–Crippen MR) is 106 cm³/mol. The highest BCUT2D eigenvalue weighted by Crippen LogP contribution is 2.11. The lowest BCUT2D eigenvalue weighted by atomic mass is 10.1. The second kappa shape index (κ2) is 15.2. The van der Waals surface area contributed by atoms with Crippen LogP contribution in [-0.2, 0) is 14.2 Å². The number of benzene rings is 1. The summed E-state index contributed by atoms with van der Waals surface area (Å²) in [6, 6.07) is 6.42. The van der Waals surface area contributed by atoms with Gasteiger partial charge in [-0.3, -0.25) is 0 Å². The molecule has 0 aliphatic rings. The van der Waals surface area contributed by atoms with Gasteiger partial charge in [-0.25, -0.2) is 9.59 Å². The van der Waals surface area contributed by atoms with E-state index >= 15 is 0 Å². The molecule has 0 aromatic heterocycles. The van der Waals surface area contributed by atoms with Crippen LogP contribution in [0.15, 0.2) is 24.3 Å². The maximum absolute atomic E-state index is 12.1. The summed E-state index contributed by atoms with van der Waals surface area (Å²) >= 11 is 0. The highest BCUT2D eigenvalue weighted by atomic mass is 16.6. The number of ether oxygens (including phenoxy) is 3. The molecule has 0 radical (unpaired) electrons. The molecule has 1 aromatic carbocycles. The minimum Gasteiger partial charge on any atom is -0.462 e. The first-order valence-corrected chi connectivity index (χ1v) is 10.1. The summed E-state index contributed by atoms with van der Waals surface area (Å²) in [5.74, 6) is -0.873. The molecular formula is C22H34O5. The molecule has 5 heteroatoms. The lowest BCUT2D eigenvalue weighted by molar-refractivity contribution is 0.0388. The molecule has 0 fully saturated rings. The van der Waals surface area contributed by atoms with E-state index in [1.807, 2.05) is 0 Å². The average molecular weight is 379 g/mol. The zero-order valence-corrected chi connectivity index (χ0v) is 16.8. The van der Waals surface area contributed by atoms with Crippen LogP contribution in [0.2, 0.25) is 0 Å². The van der Waals surface area contributed by atoms with Crippen LogP contribution in [0.25, 0.3) is 0 Å². The average Bonchev–Trinajstić information content (AvgIpc) is 2.69. The second-order valence-corrected chi connectivity index (χ2v) is 6.67. The van der Waals surface area contributed by atoms with Gasteiger partial charge >= 0.3 is 11.9 Å². The van der Waals surface area contributed by atoms with Gasteiger partial charge in [-0.1, -0.05) is 64.4 Å². The van der Waals surface area contributed by atoms with Crippen LogP contribution in [0, 0.1) is 0 Å². The number of esters is 2. The number of methoxy groups -OCH3 is 1. The van der Waals surface area contributed by atoms with Gasteiger partial charge in [0.05, 0.1) is 24.3 Å². The summed E-state index contributed by atoms with van der Waals surface area (Å²) in [5.41, 5.74) is 0.704. The van der Waals surface area contributed by atoms with Gasteiger partial charge in [-0.2, -0.15) is 0 Å². The van der Waals surface area contributed by atoms with Crippen LogP contribution in [-0.4, -0.2) is 38.9 Å². The molecule has 27 heavy (non-hydrogen) atoms. The summed E-state index contributed by atoms with van der Waals surface area (Å²) in [7, 11) is 1.54. The largest absolute Gasteiger partial charge is 0.462 e. The van der Waals surface area contributed by atoms with Gasteiger partial charge in [-0.15, -0.1) is 0 Å². The number of carbonyl (C=O) groups is 2. The Morgan fingerprint density at radius 1 is 0.741 bits per heavy atom. The fourth-order valence-corrected chi connectivity index (χ4v) is 2.74. The molecule has 0 atom stereocenters. The summed E-state index contributed by atoms with van der Waals surface area (Å²) in [6.45, 7) is 3.16. The third-order valence-electron chi connectivity index (χ3n) is 4.34. The lowest BCUT2D eigenvalue weighted by Crippen LogP contribution is -2.12. The van der Waals surface area contributed by atoms with E-state index < -0.39 is 11.9 Å². The smallest absolute Gasteiger partial charge is 0.338 e. The molecular weight excluding hydrogens is 344 g/mol. The number of hydrogen-bond donors (Lipinski definition) is 0. The molecule has 0 aliphatic carbocycles. The fourth-order valence-electron chi connectivity index (χ4n) is 2.74.